The zero-order chi connectivity index (χ0) is 16.1. The summed E-state index contributed by atoms with van der Waals surface area (Å²) in [6, 6.07) is 1.14. The maximum Gasteiger partial charge on any atom is 0.166 e. The number of hydrazine groups is 1. The van der Waals surface area contributed by atoms with Crippen molar-refractivity contribution < 1.29 is 4.74 Å². The van der Waals surface area contributed by atoms with E-state index in [0.29, 0.717) is 12.6 Å². The highest BCUT2D eigenvalue weighted by Crippen LogP contribution is 2.29. The van der Waals surface area contributed by atoms with Gasteiger partial charge in [-0.25, -0.2) is 10.4 Å². The SMILES string of the molecule is C=N/C(=C1\NN=CC1(C)C)N(COCC[Si](C)(C)C)NC. The van der Waals surface area contributed by atoms with Crippen LogP contribution in [0, 0.1) is 5.41 Å². The molecule has 1 heterocycles. The number of rotatable bonds is 8. The molecule has 0 aromatic heterocycles. The molecule has 0 saturated carbocycles. The summed E-state index contributed by atoms with van der Waals surface area (Å²) < 4.78 is 5.78. The Kier molecular flexibility index (Phi) is 6.12. The molecule has 0 amide bonds. The van der Waals surface area contributed by atoms with Crippen LogP contribution in [0.3, 0.4) is 0 Å². The lowest BCUT2D eigenvalue weighted by Crippen LogP contribution is -2.39. The number of hydrogen-bond donors (Lipinski definition) is 2. The van der Waals surface area contributed by atoms with Crippen molar-refractivity contribution in [1.82, 2.24) is 15.9 Å². The van der Waals surface area contributed by atoms with Crippen LogP contribution in [0.25, 0.3) is 0 Å². The molecule has 0 aliphatic carbocycles. The maximum atomic E-state index is 5.78. The van der Waals surface area contributed by atoms with E-state index in [-0.39, 0.29) is 5.41 Å². The fraction of sp³-hybridized carbons (Fsp3) is 0.714. The molecule has 7 heteroatoms. The van der Waals surface area contributed by atoms with Gasteiger partial charge in [0.2, 0.25) is 0 Å². The monoisotopic (exact) mass is 311 g/mol. The second-order valence-electron chi connectivity index (χ2n) is 6.95. The molecule has 1 aliphatic rings. The summed E-state index contributed by atoms with van der Waals surface area (Å²) in [7, 11) is 0.776. The van der Waals surface area contributed by atoms with Gasteiger partial charge in [0, 0.05) is 33.4 Å². The number of hydrogen-bond acceptors (Lipinski definition) is 6. The average Bonchev–Trinajstić information content (AvgIpc) is 2.72. The number of allylic oxidation sites excluding steroid dienone is 1. The number of aliphatic imine (C=N–C) groups is 1. The minimum Gasteiger partial charge on any atom is -0.360 e. The van der Waals surface area contributed by atoms with Crippen LogP contribution in [0.4, 0.5) is 0 Å². The van der Waals surface area contributed by atoms with Crippen LogP contribution < -0.4 is 10.9 Å². The number of nitrogens with one attached hydrogen (secondary N) is 2. The predicted octanol–water partition coefficient (Wildman–Crippen LogP) is 2.22. The van der Waals surface area contributed by atoms with Crippen LogP contribution in [0.5, 0.6) is 0 Å². The van der Waals surface area contributed by atoms with E-state index in [0.717, 1.165) is 18.3 Å². The first-order valence-corrected chi connectivity index (χ1v) is 11.0. The van der Waals surface area contributed by atoms with Gasteiger partial charge < -0.3 is 4.74 Å². The van der Waals surface area contributed by atoms with E-state index in [1.807, 2.05) is 18.3 Å². The molecule has 1 rings (SSSR count). The Balaban J connectivity index is 2.70. The van der Waals surface area contributed by atoms with Crippen molar-refractivity contribution in [1.29, 1.82) is 0 Å². The van der Waals surface area contributed by atoms with Crippen LogP contribution in [-0.4, -0.2) is 46.4 Å². The van der Waals surface area contributed by atoms with Gasteiger partial charge in [0.25, 0.3) is 0 Å². The molecule has 0 spiro atoms. The van der Waals surface area contributed by atoms with E-state index in [2.05, 4.69) is 61.2 Å². The average molecular weight is 312 g/mol. The van der Waals surface area contributed by atoms with Crippen molar-refractivity contribution in [2.75, 3.05) is 20.4 Å². The quantitative estimate of drug-likeness (QED) is 0.237. The lowest BCUT2D eigenvalue weighted by atomic mass is 9.92. The van der Waals surface area contributed by atoms with E-state index in [1.54, 1.807) is 0 Å². The van der Waals surface area contributed by atoms with Gasteiger partial charge in [-0.3, -0.25) is 10.4 Å². The first-order chi connectivity index (χ1) is 9.71. The van der Waals surface area contributed by atoms with Gasteiger partial charge in [-0.1, -0.05) is 19.6 Å². The zero-order valence-corrected chi connectivity index (χ0v) is 15.2. The van der Waals surface area contributed by atoms with Crippen LogP contribution >= 0.6 is 0 Å². The fourth-order valence-electron chi connectivity index (χ4n) is 1.87. The van der Waals surface area contributed by atoms with E-state index >= 15 is 0 Å². The van der Waals surface area contributed by atoms with E-state index in [4.69, 9.17) is 4.74 Å². The molecule has 0 unspecified atom stereocenters. The van der Waals surface area contributed by atoms with Crippen LogP contribution in [0.15, 0.2) is 21.6 Å². The molecule has 0 aromatic rings. The lowest BCUT2D eigenvalue weighted by molar-refractivity contribution is 0.0302. The van der Waals surface area contributed by atoms with Gasteiger partial charge in [0.05, 0.1) is 5.70 Å². The van der Waals surface area contributed by atoms with Crippen molar-refractivity contribution in [3.8, 4) is 0 Å². The van der Waals surface area contributed by atoms with Gasteiger partial charge in [-0.2, -0.15) is 5.10 Å². The summed E-state index contributed by atoms with van der Waals surface area (Å²) in [6.45, 7) is 16.0. The van der Waals surface area contributed by atoms with Crippen LogP contribution in [-0.2, 0) is 4.74 Å². The van der Waals surface area contributed by atoms with Crippen molar-refractivity contribution in [3.05, 3.63) is 11.5 Å². The van der Waals surface area contributed by atoms with E-state index in [1.165, 1.54) is 0 Å². The minimum atomic E-state index is -1.07. The number of ether oxygens (including phenoxy) is 1. The summed E-state index contributed by atoms with van der Waals surface area (Å²) in [4.78, 5) is 4.14. The Hall–Kier alpha value is -1.18. The molecule has 21 heavy (non-hydrogen) atoms. The summed E-state index contributed by atoms with van der Waals surface area (Å²) in [6.07, 6.45) is 1.87. The Morgan fingerprint density at radius 2 is 2.19 bits per heavy atom. The molecule has 0 atom stereocenters. The Morgan fingerprint density at radius 3 is 2.62 bits per heavy atom. The second-order valence-corrected chi connectivity index (χ2v) is 12.6. The fourth-order valence-corrected chi connectivity index (χ4v) is 2.63. The Morgan fingerprint density at radius 1 is 1.52 bits per heavy atom. The molecule has 0 bridgehead atoms. The molecule has 6 nitrogen and oxygen atoms in total. The molecule has 120 valence electrons. The number of hydrazone groups is 1. The van der Waals surface area contributed by atoms with E-state index in [9.17, 15) is 0 Å². The topological polar surface area (TPSA) is 61.2 Å². The first-order valence-electron chi connectivity index (χ1n) is 7.25. The zero-order valence-electron chi connectivity index (χ0n) is 14.2. The first kappa shape index (κ1) is 17.9. The molecular weight excluding hydrogens is 282 g/mol. The maximum absolute atomic E-state index is 5.78. The number of nitrogens with zero attached hydrogens (tertiary/aromatic N) is 3. The van der Waals surface area contributed by atoms with Crippen molar-refractivity contribution >= 4 is 21.0 Å². The van der Waals surface area contributed by atoms with Crippen molar-refractivity contribution in [2.45, 2.75) is 39.5 Å². The van der Waals surface area contributed by atoms with Crippen LogP contribution in [0.2, 0.25) is 25.7 Å². The van der Waals surface area contributed by atoms with E-state index < -0.39 is 8.07 Å². The smallest absolute Gasteiger partial charge is 0.166 e. The highest BCUT2D eigenvalue weighted by molar-refractivity contribution is 6.76. The molecular formula is C14H29N5OSi. The normalized spacial score (nSPS) is 19.3. The molecule has 0 radical (unpaired) electrons. The van der Waals surface area contributed by atoms with Gasteiger partial charge in [0.1, 0.15) is 6.73 Å². The summed E-state index contributed by atoms with van der Waals surface area (Å²) in [5, 5.41) is 5.96. The van der Waals surface area contributed by atoms with Gasteiger partial charge in [-0.15, -0.1) is 0 Å². The standard InChI is InChI=1S/C14H29N5OSi/c1-14(2)10-17-18-12(14)13(15-3)19(16-4)11-20-8-9-21(5,6)7/h10,16,18H,3,8-9,11H2,1-2,4-7H3/b13-12+. The third kappa shape index (κ3) is 5.26. The second kappa shape index (κ2) is 7.19. The lowest BCUT2D eigenvalue weighted by Gasteiger charge is -2.28. The predicted molar refractivity (Wildman–Crippen MR) is 91.9 cm³/mol. The molecule has 2 N–H and O–H groups in total. The molecule has 0 fully saturated rings. The third-order valence-electron chi connectivity index (χ3n) is 3.32. The van der Waals surface area contributed by atoms with Crippen molar-refractivity contribution in [2.24, 2.45) is 15.5 Å². The third-order valence-corrected chi connectivity index (χ3v) is 5.03. The van der Waals surface area contributed by atoms with Gasteiger partial charge >= 0.3 is 0 Å². The highest BCUT2D eigenvalue weighted by atomic mass is 28.3. The summed E-state index contributed by atoms with van der Waals surface area (Å²) in [5.74, 6) is 0.716. The molecule has 0 aromatic carbocycles. The van der Waals surface area contributed by atoms with Crippen LogP contribution in [0.1, 0.15) is 13.8 Å². The molecule has 0 saturated heterocycles. The summed E-state index contributed by atoms with van der Waals surface area (Å²) >= 11 is 0. The van der Waals surface area contributed by atoms with Gasteiger partial charge in [-0.05, 0) is 26.6 Å². The summed E-state index contributed by atoms with van der Waals surface area (Å²) in [5.41, 5.74) is 6.84. The largest absolute Gasteiger partial charge is 0.360 e. The highest BCUT2D eigenvalue weighted by Gasteiger charge is 2.31. The molecule has 1 aliphatic heterocycles. The van der Waals surface area contributed by atoms with Gasteiger partial charge in [0.15, 0.2) is 5.82 Å². The minimum absolute atomic E-state index is 0.191. The Labute approximate surface area is 129 Å². The Bertz CT molecular complexity index is 426. The van der Waals surface area contributed by atoms with Crippen molar-refractivity contribution in [3.63, 3.8) is 0 Å².